The zero-order valence-corrected chi connectivity index (χ0v) is 9.71. The van der Waals surface area contributed by atoms with E-state index >= 15 is 0 Å². The molecule has 0 saturated heterocycles. The molecule has 0 atom stereocenters. The number of hydrogen-bond donors (Lipinski definition) is 2. The highest BCUT2D eigenvalue weighted by atomic mass is 35.5. The summed E-state index contributed by atoms with van der Waals surface area (Å²) in [7, 11) is 0. The molecule has 6 heteroatoms. The number of thiophene rings is 1. The fourth-order valence-electron chi connectivity index (χ4n) is 1.25. The summed E-state index contributed by atoms with van der Waals surface area (Å²) in [6.45, 7) is 0. The van der Waals surface area contributed by atoms with Gasteiger partial charge in [-0.3, -0.25) is 10.2 Å². The van der Waals surface area contributed by atoms with Crippen LogP contribution >= 0.6 is 34.5 Å². The van der Waals surface area contributed by atoms with E-state index in [9.17, 15) is 4.79 Å². The predicted octanol–water partition coefficient (Wildman–Crippen LogP) is 2.81. The standard InChI is InChI=1S/C9H6Cl2N2OS/c10-4-1-2-5-6(3-4)15-8(7(5)11)9(14)13-12/h1-3H,12H2,(H,13,14). The van der Waals surface area contributed by atoms with Crippen LogP contribution < -0.4 is 11.3 Å². The van der Waals surface area contributed by atoms with Gasteiger partial charge in [0.1, 0.15) is 4.88 Å². The van der Waals surface area contributed by atoms with Crippen molar-refractivity contribution in [2.75, 3.05) is 0 Å². The van der Waals surface area contributed by atoms with Crippen LogP contribution in [0.3, 0.4) is 0 Å². The van der Waals surface area contributed by atoms with E-state index in [4.69, 9.17) is 29.0 Å². The Bertz CT molecular complexity index is 538. The van der Waals surface area contributed by atoms with Crippen LogP contribution in [0.5, 0.6) is 0 Å². The lowest BCUT2D eigenvalue weighted by Gasteiger charge is -1.94. The zero-order chi connectivity index (χ0) is 11.0. The molecule has 0 aliphatic rings. The van der Waals surface area contributed by atoms with Crippen molar-refractivity contribution in [3.05, 3.63) is 33.1 Å². The molecular weight excluding hydrogens is 255 g/mol. The number of hydrogen-bond acceptors (Lipinski definition) is 3. The normalized spacial score (nSPS) is 10.6. The molecule has 0 aliphatic heterocycles. The van der Waals surface area contributed by atoms with Gasteiger partial charge in [-0.15, -0.1) is 11.3 Å². The summed E-state index contributed by atoms with van der Waals surface area (Å²) in [6.07, 6.45) is 0. The second-order valence-corrected chi connectivity index (χ2v) is 4.73. The molecule has 0 radical (unpaired) electrons. The third kappa shape index (κ3) is 1.81. The molecule has 3 N–H and O–H groups in total. The van der Waals surface area contributed by atoms with Crippen LogP contribution in [0.4, 0.5) is 0 Å². The van der Waals surface area contributed by atoms with E-state index < -0.39 is 5.91 Å². The number of fused-ring (bicyclic) bond motifs is 1. The molecular formula is C9H6Cl2N2OS. The molecule has 2 rings (SSSR count). The van der Waals surface area contributed by atoms with Gasteiger partial charge in [0.15, 0.2) is 0 Å². The molecule has 15 heavy (non-hydrogen) atoms. The number of rotatable bonds is 1. The van der Waals surface area contributed by atoms with Gasteiger partial charge in [0.25, 0.3) is 5.91 Å². The lowest BCUT2D eigenvalue weighted by atomic mass is 10.2. The highest BCUT2D eigenvalue weighted by molar-refractivity contribution is 7.21. The van der Waals surface area contributed by atoms with Gasteiger partial charge in [0.2, 0.25) is 0 Å². The van der Waals surface area contributed by atoms with Crippen LogP contribution in [-0.4, -0.2) is 5.91 Å². The number of carbonyl (C=O) groups is 1. The summed E-state index contributed by atoms with van der Waals surface area (Å²) in [5.74, 6) is 4.66. The molecule has 1 aromatic carbocycles. The van der Waals surface area contributed by atoms with E-state index in [0.29, 0.717) is 14.9 Å². The van der Waals surface area contributed by atoms with Crippen LogP contribution in [0.2, 0.25) is 10.0 Å². The first kappa shape index (κ1) is 10.7. The lowest BCUT2D eigenvalue weighted by molar-refractivity contribution is 0.0958. The van der Waals surface area contributed by atoms with Crippen LogP contribution in [0.15, 0.2) is 18.2 Å². The minimum absolute atomic E-state index is 0.391. The van der Waals surface area contributed by atoms with Crippen molar-refractivity contribution < 1.29 is 4.79 Å². The summed E-state index contributed by atoms with van der Waals surface area (Å²) in [5, 5.41) is 1.83. The van der Waals surface area contributed by atoms with Crippen molar-refractivity contribution in [2.45, 2.75) is 0 Å². The van der Waals surface area contributed by atoms with Crippen LogP contribution in [0, 0.1) is 0 Å². The van der Waals surface area contributed by atoms with Crippen LogP contribution in [-0.2, 0) is 0 Å². The largest absolute Gasteiger partial charge is 0.289 e. The molecule has 0 bridgehead atoms. The van der Waals surface area contributed by atoms with Crippen molar-refractivity contribution in [3.63, 3.8) is 0 Å². The number of carbonyl (C=O) groups excluding carboxylic acids is 1. The minimum Gasteiger partial charge on any atom is -0.289 e. The summed E-state index contributed by atoms with van der Waals surface area (Å²) < 4.78 is 0.867. The summed E-state index contributed by atoms with van der Waals surface area (Å²) in [5.41, 5.74) is 2.05. The Hall–Kier alpha value is -0.810. The van der Waals surface area contributed by atoms with Gasteiger partial charge in [-0.1, -0.05) is 29.3 Å². The maximum atomic E-state index is 11.3. The van der Waals surface area contributed by atoms with Gasteiger partial charge < -0.3 is 0 Å². The van der Waals surface area contributed by atoms with E-state index in [1.54, 1.807) is 18.2 Å². The van der Waals surface area contributed by atoms with Gasteiger partial charge in [-0.05, 0) is 12.1 Å². The number of benzene rings is 1. The molecule has 0 aliphatic carbocycles. The number of nitrogens with two attached hydrogens (primary N) is 1. The van der Waals surface area contributed by atoms with Gasteiger partial charge in [0, 0.05) is 15.1 Å². The Labute approximate surface area is 99.7 Å². The minimum atomic E-state index is -0.391. The second kappa shape index (κ2) is 3.98. The smallest absolute Gasteiger partial charge is 0.276 e. The highest BCUT2D eigenvalue weighted by Crippen LogP contribution is 2.36. The second-order valence-electron chi connectivity index (χ2n) is 2.86. The van der Waals surface area contributed by atoms with E-state index in [1.807, 2.05) is 0 Å². The molecule has 0 fully saturated rings. The average Bonchev–Trinajstić information content (AvgIpc) is 2.54. The quantitative estimate of drug-likeness (QED) is 0.471. The van der Waals surface area contributed by atoms with Gasteiger partial charge in [0.05, 0.1) is 5.02 Å². The highest BCUT2D eigenvalue weighted by Gasteiger charge is 2.15. The molecule has 0 saturated carbocycles. The molecule has 0 unspecified atom stereocenters. The molecule has 2 aromatic rings. The number of halogens is 2. The third-order valence-corrected chi connectivity index (χ3v) is 3.82. The molecule has 3 nitrogen and oxygen atoms in total. The van der Waals surface area contributed by atoms with Crippen molar-refractivity contribution in [3.8, 4) is 0 Å². The fourth-order valence-corrected chi connectivity index (χ4v) is 2.95. The van der Waals surface area contributed by atoms with Crippen molar-refractivity contribution in [2.24, 2.45) is 5.84 Å². The molecule has 0 spiro atoms. The Morgan fingerprint density at radius 2 is 2.13 bits per heavy atom. The molecule has 1 amide bonds. The van der Waals surface area contributed by atoms with Crippen molar-refractivity contribution in [1.82, 2.24) is 5.43 Å². The average molecular weight is 261 g/mol. The Balaban J connectivity index is 2.69. The van der Waals surface area contributed by atoms with Crippen molar-refractivity contribution in [1.29, 1.82) is 0 Å². The van der Waals surface area contributed by atoms with Gasteiger partial charge in [-0.25, -0.2) is 5.84 Å². The topological polar surface area (TPSA) is 55.1 Å². The Kier molecular flexibility index (Phi) is 2.84. The van der Waals surface area contributed by atoms with Crippen LogP contribution in [0.1, 0.15) is 9.67 Å². The van der Waals surface area contributed by atoms with Crippen LogP contribution in [0.25, 0.3) is 10.1 Å². The number of hydrazine groups is 1. The van der Waals surface area contributed by atoms with E-state index in [1.165, 1.54) is 11.3 Å². The van der Waals surface area contributed by atoms with E-state index in [2.05, 4.69) is 5.43 Å². The predicted molar refractivity (Wildman–Crippen MR) is 63.5 cm³/mol. The lowest BCUT2D eigenvalue weighted by Crippen LogP contribution is -2.29. The van der Waals surface area contributed by atoms with E-state index in [0.717, 1.165) is 10.1 Å². The Morgan fingerprint density at radius 3 is 2.80 bits per heavy atom. The SMILES string of the molecule is NNC(=O)c1sc2cc(Cl)ccc2c1Cl. The van der Waals surface area contributed by atoms with Crippen molar-refractivity contribution >= 4 is 50.5 Å². The Morgan fingerprint density at radius 1 is 1.40 bits per heavy atom. The summed E-state index contributed by atoms with van der Waals surface area (Å²) in [6, 6.07) is 5.27. The first-order chi connectivity index (χ1) is 7.13. The summed E-state index contributed by atoms with van der Waals surface area (Å²) in [4.78, 5) is 11.7. The van der Waals surface area contributed by atoms with E-state index in [-0.39, 0.29) is 0 Å². The molecule has 1 heterocycles. The van der Waals surface area contributed by atoms with Gasteiger partial charge >= 0.3 is 0 Å². The fraction of sp³-hybridized carbons (Fsp3) is 0. The maximum Gasteiger partial charge on any atom is 0.276 e. The first-order valence-corrected chi connectivity index (χ1v) is 5.59. The maximum absolute atomic E-state index is 11.3. The number of amides is 1. The third-order valence-electron chi connectivity index (χ3n) is 1.93. The number of nitrogens with one attached hydrogen (secondary N) is 1. The van der Waals surface area contributed by atoms with Gasteiger partial charge in [-0.2, -0.15) is 0 Å². The molecule has 78 valence electrons. The summed E-state index contributed by atoms with van der Waals surface area (Å²) >= 11 is 13.1. The zero-order valence-electron chi connectivity index (χ0n) is 7.38. The molecule has 1 aromatic heterocycles. The monoisotopic (exact) mass is 260 g/mol. The number of nitrogen functional groups attached to an aromatic ring is 1. The first-order valence-electron chi connectivity index (χ1n) is 4.02.